The third kappa shape index (κ3) is 4.99. The Morgan fingerprint density at radius 2 is 1.76 bits per heavy atom. The van der Waals surface area contributed by atoms with E-state index >= 15 is 0 Å². The molecule has 5 nitrogen and oxygen atoms in total. The number of carbonyl (C=O) groups is 2. The Kier molecular flexibility index (Phi) is 6.30. The molecule has 0 saturated heterocycles. The zero-order valence-electron chi connectivity index (χ0n) is 16.0. The molecule has 1 aromatic heterocycles. The van der Waals surface area contributed by atoms with Gasteiger partial charge in [-0.25, -0.2) is 0 Å². The molecule has 8 heteroatoms. The summed E-state index contributed by atoms with van der Waals surface area (Å²) < 4.78 is 45.6. The van der Waals surface area contributed by atoms with Crippen molar-refractivity contribution < 1.29 is 27.2 Å². The average Bonchev–Trinajstić information content (AvgIpc) is 3.20. The predicted molar refractivity (Wildman–Crippen MR) is 101 cm³/mol. The molecule has 1 saturated carbocycles. The third-order valence-electron chi connectivity index (χ3n) is 5.04. The number of furan rings is 1. The van der Waals surface area contributed by atoms with Crippen LogP contribution in [0.1, 0.15) is 49.5 Å². The van der Waals surface area contributed by atoms with Gasteiger partial charge in [0.2, 0.25) is 0 Å². The van der Waals surface area contributed by atoms with E-state index in [2.05, 4.69) is 5.32 Å². The molecule has 0 bridgehead atoms. The second-order valence-corrected chi connectivity index (χ2v) is 7.27. The number of nitrogens with one attached hydrogen (secondary N) is 1. The van der Waals surface area contributed by atoms with Gasteiger partial charge < -0.3 is 9.73 Å². The van der Waals surface area contributed by atoms with Gasteiger partial charge in [-0.15, -0.1) is 0 Å². The largest absolute Gasteiger partial charge is 0.471 e. The summed E-state index contributed by atoms with van der Waals surface area (Å²) in [6, 6.07) is 7.13. The molecule has 2 aromatic rings. The average molecular weight is 408 g/mol. The fraction of sp³-hybridized carbons (Fsp3) is 0.429. The van der Waals surface area contributed by atoms with E-state index in [9.17, 15) is 22.8 Å². The van der Waals surface area contributed by atoms with E-state index < -0.39 is 24.0 Å². The summed E-state index contributed by atoms with van der Waals surface area (Å²) in [5.74, 6) is -2.84. The summed E-state index contributed by atoms with van der Waals surface area (Å²) in [6.45, 7) is 1.78. The van der Waals surface area contributed by atoms with E-state index in [1.54, 1.807) is 19.1 Å². The van der Waals surface area contributed by atoms with Crippen LogP contribution in [0.4, 0.5) is 18.9 Å². The van der Waals surface area contributed by atoms with Gasteiger partial charge in [0, 0.05) is 11.7 Å². The Labute approximate surface area is 166 Å². The number of hydrogen-bond acceptors (Lipinski definition) is 3. The molecule has 1 fully saturated rings. The molecular formula is C21H23F3N2O3. The van der Waals surface area contributed by atoms with Gasteiger partial charge >= 0.3 is 12.1 Å². The van der Waals surface area contributed by atoms with Gasteiger partial charge in [0.1, 0.15) is 5.76 Å². The highest BCUT2D eigenvalue weighted by molar-refractivity contribution is 6.03. The molecule has 1 N–H and O–H groups in total. The Balaban J connectivity index is 2.01. The maximum Gasteiger partial charge on any atom is 0.471 e. The van der Waals surface area contributed by atoms with Gasteiger partial charge in [0.25, 0.3) is 5.91 Å². The zero-order valence-corrected chi connectivity index (χ0v) is 16.0. The van der Waals surface area contributed by atoms with E-state index in [0.717, 1.165) is 37.7 Å². The quantitative estimate of drug-likeness (QED) is 0.782. The predicted octanol–water partition coefficient (Wildman–Crippen LogP) is 4.67. The van der Waals surface area contributed by atoms with Crippen LogP contribution < -0.4 is 10.2 Å². The van der Waals surface area contributed by atoms with Crippen molar-refractivity contribution in [3.8, 4) is 0 Å². The van der Waals surface area contributed by atoms with Crippen LogP contribution in [0.5, 0.6) is 0 Å². The lowest BCUT2D eigenvalue weighted by Gasteiger charge is -2.32. The van der Waals surface area contributed by atoms with Crippen LogP contribution in [0.15, 0.2) is 47.1 Å². The first-order valence-electron chi connectivity index (χ1n) is 9.58. The second-order valence-electron chi connectivity index (χ2n) is 7.27. The normalized spacial score (nSPS) is 16.3. The number of alkyl halides is 3. The van der Waals surface area contributed by atoms with Crippen LogP contribution in [-0.4, -0.2) is 24.0 Å². The number of nitrogens with zero attached hydrogens (tertiary/aromatic N) is 1. The van der Waals surface area contributed by atoms with Crippen molar-refractivity contribution in [1.82, 2.24) is 5.32 Å². The van der Waals surface area contributed by atoms with Crippen LogP contribution in [0.2, 0.25) is 0 Å². The number of aryl methyl sites for hydroxylation is 1. The van der Waals surface area contributed by atoms with Crippen molar-refractivity contribution in [3.05, 3.63) is 54.0 Å². The fourth-order valence-electron chi connectivity index (χ4n) is 3.57. The van der Waals surface area contributed by atoms with Crippen molar-refractivity contribution >= 4 is 17.5 Å². The SMILES string of the molecule is Cc1ccc(N(C(=O)C(F)(F)F)C(C(=O)NC2CCCCC2)c2ccco2)cc1. The number of anilines is 1. The van der Waals surface area contributed by atoms with Gasteiger partial charge in [0.05, 0.1) is 6.26 Å². The van der Waals surface area contributed by atoms with Crippen molar-refractivity contribution in [1.29, 1.82) is 0 Å². The number of rotatable bonds is 5. The first-order valence-corrected chi connectivity index (χ1v) is 9.58. The Morgan fingerprint density at radius 3 is 2.31 bits per heavy atom. The number of hydrogen-bond donors (Lipinski definition) is 1. The first-order chi connectivity index (χ1) is 13.8. The molecule has 1 unspecified atom stereocenters. The minimum absolute atomic E-state index is 0.0295. The highest BCUT2D eigenvalue weighted by Gasteiger charge is 2.48. The molecule has 1 heterocycles. The minimum atomic E-state index is -5.15. The maximum absolute atomic E-state index is 13.4. The zero-order chi connectivity index (χ0) is 21.0. The van der Waals surface area contributed by atoms with Gasteiger partial charge in [-0.05, 0) is 44.0 Å². The van der Waals surface area contributed by atoms with Crippen molar-refractivity contribution in [2.24, 2.45) is 0 Å². The van der Waals surface area contributed by atoms with Gasteiger partial charge in [-0.3, -0.25) is 14.5 Å². The number of carbonyl (C=O) groups excluding carboxylic acids is 2. The van der Waals surface area contributed by atoms with E-state index in [1.165, 1.54) is 30.5 Å². The van der Waals surface area contributed by atoms with Gasteiger partial charge in [0.15, 0.2) is 6.04 Å². The maximum atomic E-state index is 13.4. The molecule has 1 atom stereocenters. The molecule has 1 aliphatic rings. The molecule has 1 aliphatic carbocycles. The van der Waals surface area contributed by atoms with Gasteiger partial charge in [-0.2, -0.15) is 13.2 Å². The van der Waals surface area contributed by atoms with Crippen LogP contribution in [0.25, 0.3) is 0 Å². The summed E-state index contributed by atoms with van der Waals surface area (Å²) in [5.41, 5.74) is 0.785. The standard InChI is InChI=1S/C21H23F3N2O3/c1-14-9-11-16(12-10-14)26(20(28)21(22,23)24)18(17-8-5-13-29-17)19(27)25-15-6-3-2-4-7-15/h5,8-13,15,18H,2-4,6-7H2,1H3,(H,25,27). The molecule has 0 spiro atoms. The number of amides is 2. The van der Waals surface area contributed by atoms with E-state index in [4.69, 9.17) is 4.42 Å². The molecule has 29 heavy (non-hydrogen) atoms. The Morgan fingerprint density at radius 1 is 1.10 bits per heavy atom. The lowest BCUT2D eigenvalue weighted by Crippen LogP contribution is -2.50. The monoisotopic (exact) mass is 408 g/mol. The summed E-state index contributed by atoms with van der Waals surface area (Å²) >= 11 is 0. The fourth-order valence-corrected chi connectivity index (χ4v) is 3.57. The minimum Gasteiger partial charge on any atom is -0.467 e. The van der Waals surface area contributed by atoms with Crippen molar-refractivity contribution in [2.75, 3.05) is 4.90 Å². The number of benzene rings is 1. The highest BCUT2D eigenvalue weighted by Crippen LogP contribution is 2.33. The van der Waals surface area contributed by atoms with E-state index in [-0.39, 0.29) is 17.5 Å². The van der Waals surface area contributed by atoms with E-state index in [0.29, 0.717) is 4.90 Å². The first kappa shape index (κ1) is 21.0. The summed E-state index contributed by atoms with van der Waals surface area (Å²) in [4.78, 5) is 25.9. The van der Waals surface area contributed by atoms with E-state index in [1.807, 2.05) is 0 Å². The Hall–Kier alpha value is -2.77. The Bertz CT molecular complexity index is 826. The van der Waals surface area contributed by atoms with Crippen LogP contribution in [-0.2, 0) is 9.59 Å². The highest BCUT2D eigenvalue weighted by atomic mass is 19.4. The van der Waals surface area contributed by atoms with Crippen LogP contribution in [0, 0.1) is 6.92 Å². The second kappa shape index (κ2) is 8.71. The lowest BCUT2D eigenvalue weighted by atomic mass is 9.95. The summed E-state index contributed by atoms with van der Waals surface area (Å²) in [7, 11) is 0. The summed E-state index contributed by atoms with van der Waals surface area (Å²) in [5, 5.41) is 2.81. The molecule has 0 aliphatic heterocycles. The van der Waals surface area contributed by atoms with Crippen molar-refractivity contribution in [3.63, 3.8) is 0 Å². The molecule has 1 aromatic carbocycles. The third-order valence-corrected chi connectivity index (χ3v) is 5.04. The molecular weight excluding hydrogens is 385 g/mol. The number of halogens is 3. The summed E-state index contributed by atoms with van der Waals surface area (Å²) in [6.07, 6.45) is 0.584. The molecule has 3 rings (SSSR count). The van der Waals surface area contributed by atoms with Crippen LogP contribution in [0.3, 0.4) is 0 Å². The smallest absolute Gasteiger partial charge is 0.467 e. The molecule has 2 amide bonds. The van der Waals surface area contributed by atoms with Crippen molar-refractivity contribution in [2.45, 2.75) is 57.3 Å². The molecule has 0 radical (unpaired) electrons. The van der Waals surface area contributed by atoms with Crippen LogP contribution >= 0.6 is 0 Å². The topological polar surface area (TPSA) is 62.6 Å². The lowest BCUT2D eigenvalue weighted by molar-refractivity contribution is -0.171. The molecule has 156 valence electrons. The van der Waals surface area contributed by atoms with Gasteiger partial charge in [-0.1, -0.05) is 37.0 Å².